The molecule has 0 radical (unpaired) electrons. The highest BCUT2D eigenvalue weighted by atomic mass is 35.5. The molecule has 3 aromatic heterocycles. The van der Waals surface area contributed by atoms with Crippen LogP contribution in [-0.4, -0.2) is 35.0 Å². The molecule has 0 N–H and O–H groups in total. The van der Waals surface area contributed by atoms with Crippen molar-refractivity contribution in [2.45, 2.75) is 12.7 Å². The van der Waals surface area contributed by atoms with Gasteiger partial charge in [-0.05, 0) is 29.5 Å². The van der Waals surface area contributed by atoms with Gasteiger partial charge in [0, 0.05) is 6.20 Å². The van der Waals surface area contributed by atoms with E-state index in [4.69, 9.17) is 11.6 Å². The van der Waals surface area contributed by atoms with Crippen molar-refractivity contribution in [1.29, 1.82) is 0 Å². The first-order chi connectivity index (χ1) is 11.4. The van der Waals surface area contributed by atoms with Crippen LogP contribution in [0.2, 0.25) is 5.02 Å². The number of nitrogens with zero attached hydrogens (tertiary/aromatic N) is 7. The van der Waals surface area contributed by atoms with Gasteiger partial charge in [0.2, 0.25) is 0 Å². The molecule has 0 bridgehead atoms. The van der Waals surface area contributed by atoms with E-state index in [1.807, 2.05) is 0 Å². The standard InChI is InChI=1S/C13H9ClF3N7/c1-2-9-6-8(7-23-21-12(19-22-23)13(15,16)17)20-24(9)11-10(14)4-3-5-18-11/h2-6H,1,7H2. The third-order valence-corrected chi connectivity index (χ3v) is 3.24. The molecule has 0 fully saturated rings. The second-order valence-corrected chi connectivity index (χ2v) is 5.03. The maximum atomic E-state index is 12.5. The fraction of sp³-hybridized carbons (Fsp3) is 0.154. The number of hydrogen-bond donors (Lipinski definition) is 0. The number of halogens is 4. The Morgan fingerprint density at radius 3 is 2.71 bits per heavy atom. The summed E-state index contributed by atoms with van der Waals surface area (Å²) in [5.41, 5.74) is 0.972. The first-order valence-electron chi connectivity index (χ1n) is 6.56. The average molecular weight is 356 g/mol. The van der Waals surface area contributed by atoms with Crippen molar-refractivity contribution in [2.24, 2.45) is 0 Å². The molecule has 0 amide bonds. The van der Waals surface area contributed by atoms with E-state index in [0.29, 0.717) is 22.2 Å². The smallest absolute Gasteiger partial charge is 0.236 e. The molecule has 0 aromatic carbocycles. The highest BCUT2D eigenvalue weighted by Crippen LogP contribution is 2.25. The van der Waals surface area contributed by atoms with Crippen LogP contribution in [0.5, 0.6) is 0 Å². The number of alkyl halides is 3. The molecular formula is C13H9ClF3N7. The minimum Gasteiger partial charge on any atom is -0.236 e. The van der Waals surface area contributed by atoms with Gasteiger partial charge in [-0.15, -0.1) is 10.2 Å². The number of hydrogen-bond acceptors (Lipinski definition) is 5. The molecule has 0 aliphatic heterocycles. The molecule has 11 heteroatoms. The zero-order chi connectivity index (χ0) is 17.3. The van der Waals surface area contributed by atoms with Crippen molar-refractivity contribution < 1.29 is 13.2 Å². The predicted octanol–water partition coefficient (Wildman–Crippen LogP) is 2.62. The molecule has 0 spiro atoms. The summed E-state index contributed by atoms with van der Waals surface area (Å²) in [6.45, 7) is 3.58. The van der Waals surface area contributed by atoms with E-state index < -0.39 is 12.0 Å². The van der Waals surface area contributed by atoms with Crippen molar-refractivity contribution in [2.75, 3.05) is 0 Å². The Hall–Kier alpha value is -2.75. The molecule has 3 aromatic rings. The summed E-state index contributed by atoms with van der Waals surface area (Å²) in [6.07, 6.45) is -1.58. The van der Waals surface area contributed by atoms with Gasteiger partial charge in [0.25, 0.3) is 5.82 Å². The van der Waals surface area contributed by atoms with Crippen molar-refractivity contribution in [3.63, 3.8) is 0 Å². The molecule has 0 atom stereocenters. The van der Waals surface area contributed by atoms with Crippen LogP contribution in [0.15, 0.2) is 31.0 Å². The molecule has 7 nitrogen and oxygen atoms in total. The lowest BCUT2D eigenvalue weighted by Gasteiger charge is -2.04. The lowest BCUT2D eigenvalue weighted by atomic mass is 10.3. The van der Waals surface area contributed by atoms with Gasteiger partial charge in [-0.2, -0.15) is 23.1 Å². The summed E-state index contributed by atoms with van der Waals surface area (Å²) in [5.74, 6) is -0.929. The van der Waals surface area contributed by atoms with Gasteiger partial charge in [0.05, 0.1) is 16.4 Å². The molecule has 0 saturated carbocycles. The number of pyridine rings is 1. The summed E-state index contributed by atoms with van der Waals surface area (Å²) < 4.78 is 38.9. The minimum atomic E-state index is -4.65. The summed E-state index contributed by atoms with van der Waals surface area (Å²) in [4.78, 5) is 4.94. The predicted molar refractivity (Wildman–Crippen MR) is 78.4 cm³/mol. The SMILES string of the molecule is C=Cc1cc(Cn2nnc(C(F)(F)F)n2)nn1-c1ncccc1Cl. The van der Waals surface area contributed by atoms with Crippen molar-refractivity contribution in [3.05, 3.63) is 53.2 Å². The Balaban J connectivity index is 1.92. The molecule has 24 heavy (non-hydrogen) atoms. The van der Waals surface area contributed by atoms with E-state index in [2.05, 4.69) is 32.1 Å². The molecule has 0 aliphatic carbocycles. The zero-order valence-corrected chi connectivity index (χ0v) is 12.7. The van der Waals surface area contributed by atoms with Gasteiger partial charge in [0.1, 0.15) is 6.54 Å². The Morgan fingerprint density at radius 2 is 2.08 bits per heavy atom. The first kappa shape index (κ1) is 16.1. The highest BCUT2D eigenvalue weighted by Gasteiger charge is 2.36. The van der Waals surface area contributed by atoms with Crippen LogP contribution in [0.4, 0.5) is 13.2 Å². The Bertz CT molecular complexity index is 884. The van der Waals surface area contributed by atoms with Crippen LogP contribution >= 0.6 is 11.6 Å². The average Bonchev–Trinajstić information content (AvgIpc) is 3.14. The molecular weight excluding hydrogens is 347 g/mol. The molecule has 0 saturated heterocycles. The third kappa shape index (κ3) is 3.13. The molecule has 124 valence electrons. The monoisotopic (exact) mass is 355 g/mol. The second kappa shape index (κ2) is 6.04. The quantitative estimate of drug-likeness (QED) is 0.719. The van der Waals surface area contributed by atoms with E-state index in [-0.39, 0.29) is 6.54 Å². The van der Waals surface area contributed by atoms with E-state index in [1.54, 1.807) is 24.4 Å². The molecule has 0 aliphatic rings. The van der Waals surface area contributed by atoms with Crippen molar-refractivity contribution in [3.8, 4) is 5.82 Å². The minimum absolute atomic E-state index is 0.0959. The summed E-state index contributed by atoms with van der Waals surface area (Å²) in [5, 5.41) is 14.3. The Kier molecular flexibility index (Phi) is 4.06. The van der Waals surface area contributed by atoms with Crippen LogP contribution in [-0.2, 0) is 12.7 Å². The fourth-order valence-corrected chi connectivity index (χ4v) is 2.14. The topological polar surface area (TPSA) is 74.3 Å². The van der Waals surface area contributed by atoms with E-state index in [1.165, 1.54) is 10.8 Å². The summed E-state index contributed by atoms with van der Waals surface area (Å²) in [7, 11) is 0. The van der Waals surface area contributed by atoms with E-state index in [9.17, 15) is 13.2 Å². The summed E-state index contributed by atoms with van der Waals surface area (Å²) >= 11 is 6.09. The highest BCUT2D eigenvalue weighted by molar-refractivity contribution is 6.32. The van der Waals surface area contributed by atoms with Gasteiger partial charge in [0.15, 0.2) is 5.82 Å². The normalized spacial score (nSPS) is 11.7. The lowest BCUT2D eigenvalue weighted by molar-refractivity contribution is -0.145. The van der Waals surface area contributed by atoms with Gasteiger partial charge in [-0.3, -0.25) is 0 Å². The molecule has 3 rings (SSSR count). The van der Waals surface area contributed by atoms with E-state index in [0.717, 1.165) is 4.80 Å². The Morgan fingerprint density at radius 1 is 1.29 bits per heavy atom. The van der Waals surface area contributed by atoms with Gasteiger partial charge < -0.3 is 0 Å². The maximum absolute atomic E-state index is 12.5. The van der Waals surface area contributed by atoms with Crippen LogP contribution in [0, 0.1) is 0 Å². The third-order valence-electron chi connectivity index (χ3n) is 2.95. The summed E-state index contributed by atoms with van der Waals surface area (Å²) in [6, 6.07) is 4.93. The van der Waals surface area contributed by atoms with Gasteiger partial charge >= 0.3 is 6.18 Å². The zero-order valence-electron chi connectivity index (χ0n) is 11.9. The van der Waals surface area contributed by atoms with Crippen LogP contribution in [0.1, 0.15) is 17.2 Å². The largest absolute Gasteiger partial charge is 0.455 e. The van der Waals surface area contributed by atoms with Crippen LogP contribution in [0.3, 0.4) is 0 Å². The van der Waals surface area contributed by atoms with Crippen LogP contribution in [0.25, 0.3) is 11.9 Å². The van der Waals surface area contributed by atoms with Gasteiger partial charge in [-0.1, -0.05) is 18.2 Å². The first-order valence-corrected chi connectivity index (χ1v) is 6.93. The number of rotatable bonds is 4. The maximum Gasteiger partial charge on any atom is 0.455 e. The molecule has 0 unspecified atom stereocenters. The van der Waals surface area contributed by atoms with Crippen LogP contribution < -0.4 is 0 Å². The Labute approximate surface area is 138 Å². The second-order valence-electron chi connectivity index (χ2n) is 4.63. The molecule has 3 heterocycles. The lowest BCUT2D eigenvalue weighted by Crippen LogP contribution is -2.10. The van der Waals surface area contributed by atoms with Gasteiger partial charge in [-0.25, -0.2) is 9.67 Å². The number of tetrazole rings is 1. The fourth-order valence-electron chi connectivity index (χ4n) is 1.94. The van der Waals surface area contributed by atoms with Crippen molar-refractivity contribution in [1.82, 2.24) is 35.0 Å². The van der Waals surface area contributed by atoms with E-state index >= 15 is 0 Å². The number of aromatic nitrogens is 7. The van der Waals surface area contributed by atoms with Crippen molar-refractivity contribution >= 4 is 17.7 Å².